The summed E-state index contributed by atoms with van der Waals surface area (Å²) in [6, 6.07) is 9.93. The fraction of sp³-hybridized carbons (Fsp3) is 0.150. The van der Waals surface area contributed by atoms with Crippen molar-refractivity contribution in [1.29, 1.82) is 0 Å². The molecule has 8 nitrogen and oxygen atoms in total. The van der Waals surface area contributed by atoms with Crippen LogP contribution in [0.4, 0.5) is 5.69 Å². The van der Waals surface area contributed by atoms with E-state index in [1.165, 1.54) is 26.0 Å². The highest BCUT2D eigenvalue weighted by Gasteiger charge is 2.24. The van der Waals surface area contributed by atoms with E-state index in [9.17, 15) is 14.7 Å². The molecule has 1 aliphatic rings. The molecule has 2 aromatic carbocycles. The maximum Gasteiger partial charge on any atom is 0.307 e. The first-order valence-corrected chi connectivity index (χ1v) is 9.26. The van der Waals surface area contributed by atoms with Gasteiger partial charge in [-0.15, -0.1) is 0 Å². The van der Waals surface area contributed by atoms with E-state index in [2.05, 4.69) is 10.3 Å². The summed E-state index contributed by atoms with van der Waals surface area (Å²) in [4.78, 5) is 27.8. The number of ether oxygens (including phenoxy) is 2. The highest BCUT2D eigenvalue weighted by Crippen LogP contribution is 2.38. The second-order valence-corrected chi connectivity index (χ2v) is 7.02. The minimum atomic E-state index is -0.903. The summed E-state index contributed by atoms with van der Waals surface area (Å²) in [5.74, 6) is -0.860. The molecule has 0 unspecified atom stereocenters. The Morgan fingerprint density at radius 1 is 1.17 bits per heavy atom. The lowest BCUT2D eigenvalue weighted by molar-refractivity contribution is -0.136. The number of rotatable bonds is 6. The molecule has 0 spiro atoms. The van der Waals surface area contributed by atoms with E-state index in [1.54, 1.807) is 42.5 Å². The Kier molecular flexibility index (Phi) is 6.08. The Balaban J connectivity index is 1.81. The van der Waals surface area contributed by atoms with Gasteiger partial charge in [0, 0.05) is 0 Å². The zero-order chi connectivity index (χ0) is 21.0. The number of nitrogens with one attached hydrogen (secondary N) is 1. The van der Waals surface area contributed by atoms with Crippen LogP contribution in [0.1, 0.15) is 11.1 Å². The van der Waals surface area contributed by atoms with Crippen LogP contribution in [0, 0.1) is 0 Å². The van der Waals surface area contributed by atoms with Gasteiger partial charge >= 0.3 is 5.97 Å². The van der Waals surface area contributed by atoms with Gasteiger partial charge in [0.1, 0.15) is 0 Å². The topological polar surface area (TPSA) is 117 Å². The molecule has 0 aliphatic carbocycles. The standard InChI is InChI=1S/C20H18N2O6S/c1-27-14-7-12(8-15(28-2)18(14)25)9-16-19(26)22-20(29-16)21-13-5-3-11(4-6-13)10-17(23)24/h3-9,25H,10H2,1-2H3,(H,23,24)(H,21,22,26). The second kappa shape index (κ2) is 8.70. The molecule has 0 saturated carbocycles. The van der Waals surface area contributed by atoms with Gasteiger partial charge in [-0.3, -0.25) is 9.59 Å². The maximum atomic E-state index is 12.3. The lowest BCUT2D eigenvalue weighted by Crippen LogP contribution is -2.19. The Morgan fingerprint density at radius 3 is 2.34 bits per heavy atom. The molecule has 2 aromatic rings. The maximum absolute atomic E-state index is 12.3. The van der Waals surface area contributed by atoms with Crippen molar-refractivity contribution in [3.63, 3.8) is 0 Å². The van der Waals surface area contributed by atoms with E-state index < -0.39 is 5.97 Å². The van der Waals surface area contributed by atoms with Gasteiger partial charge in [0.15, 0.2) is 16.7 Å². The molecule has 1 fully saturated rings. The lowest BCUT2D eigenvalue weighted by Gasteiger charge is -2.09. The van der Waals surface area contributed by atoms with Crippen molar-refractivity contribution in [3.8, 4) is 17.2 Å². The van der Waals surface area contributed by atoms with Crippen molar-refractivity contribution in [2.24, 2.45) is 4.99 Å². The zero-order valence-corrected chi connectivity index (χ0v) is 16.4. The number of methoxy groups -OCH3 is 2. The number of aromatic hydroxyl groups is 1. The largest absolute Gasteiger partial charge is 0.502 e. The third-order valence-electron chi connectivity index (χ3n) is 3.97. The average molecular weight is 414 g/mol. The van der Waals surface area contributed by atoms with Crippen LogP contribution < -0.4 is 14.8 Å². The molecule has 1 amide bonds. The fourth-order valence-electron chi connectivity index (χ4n) is 2.61. The minimum Gasteiger partial charge on any atom is -0.502 e. The molecule has 0 radical (unpaired) electrons. The Labute approximate surface area is 170 Å². The van der Waals surface area contributed by atoms with Crippen LogP contribution in [-0.2, 0) is 16.0 Å². The highest BCUT2D eigenvalue weighted by atomic mass is 32.2. The zero-order valence-electron chi connectivity index (χ0n) is 15.6. The summed E-state index contributed by atoms with van der Waals surface area (Å²) in [6.45, 7) is 0. The number of nitrogens with zero attached hydrogens (tertiary/aromatic N) is 1. The predicted molar refractivity (Wildman–Crippen MR) is 110 cm³/mol. The van der Waals surface area contributed by atoms with Crippen LogP contribution in [0.15, 0.2) is 46.3 Å². The van der Waals surface area contributed by atoms with Gasteiger partial charge in [0.2, 0.25) is 5.75 Å². The molecule has 0 atom stereocenters. The summed E-state index contributed by atoms with van der Waals surface area (Å²) in [6.07, 6.45) is 1.58. The van der Waals surface area contributed by atoms with Crippen LogP contribution in [0.3, 0.4) is 0 Å². The number of carboxylic acids is 1. The number of aliphatic imine (C=N–C) groups is 1. The SMILES string of the molecule is COc1cc(C=C2SC(=Nc3ccc(CC(=O)O)cc3)NC2=O)cc(OC)c1O. The van der Waals surface area contributed by atoms with E-state index in [1.807, 2.05) is 0 Å². The summed E-state index contributed by atoms with van der Waals surface area (Å²) in [5, 5.41) is 21.9. The molecule has 1 aliphatic heterocycles. The first-order valence-electron chi connectivity index (χ1n) is 8.45. The number of amidine groups is 1. The Bertz CT molecular complexity index is 989. The molecular weight excluding hydrogens is 396 g/mol. The number of phenolic OH excluding ortho intramolecular Hbond substituents is 1. The third-order valence-corrected chi connectivity index (χ3v) is 4.88. The number of benzene rings is 2. The van der Waals surface area contributed by atoms with E-state index in [0.717, 1.165) is 0 Å². The van der Waals surface area contributed by atoms with E-state index in [4.69, 9.17) is 14.6 Å². The Morgan fingerprint density at radius 2 is 1.79 bits per heavy atom. The summed E-state index contributed by atoms with van der Waals surface area (Å²) in [5.41, 5.74) is 1.88. The first-order chi connectivity index (χ1) is 13.9. The number of thioether (sulfide) groups is 1. The lowest BCUT2D eigenvalue weighted by atomic mass is 10.1. The van der Waals surface area contributed by atoms with Crippen LogP contribution in [0.2, 0.25) is 0 Å². The van der Waals surface area contributed by atoms with Gasteiger partial charge < -0.3 is 25.0 Å². The molecule has 1 heterocycles. The summed E-state index contributed by atoms with van der Waals surface area (Å²) in [7, 11) is 2.85. The number of amides is 1. The summed E-state index contributed by atoms with van der Waals surface area (Å²) < 4.78 is 10.3. The van der Waals surface area contributed by atoms with Gasteiger partial charge in [-0.1, -0.05) is 12.1 Å². The molecular formula is C20H18N2O6S. The van der Waals surface area contributed by atoms with Crippen LogP contribution in [-0.4, -0.2) is 41.5 Å². The normalized spacial score (nSPS) is 16.1. The summed E-state index contributed by atoms with van der Waals surface area (Å²) >= 11 is 1.17. The third kappa shape index (κ3) is 4.88. The van der Waals surface area contributed by atoms with Crippen molar-refractivity contribution in [2.45, 2.75) is 6.42 Å². The van der Waals surface area contributed by atoms with Crippen LogP contribution in [0.25, 0.3) is 6.08 Å². The van der Waals surface area contributed by atoms with E-state index in [-0.39, 0.29) is 29.6 Å². The molecule has 29 heavy (non-hydrogen) atoms. The van der Waals surface area contributed by atoms with Crippen molar-refractivity contribution in [1.82, 2.24) is 5.32 Å². The molecule has 150 valence electrons. The minimum absolute atomic E-state index is 0.0607. The predicted octanol–water partition coefficient (Wildman–Crippen LogP) is 2.93. The quantitative estimate of drug-likeness (QED) is 0.622. The van der Waals surface area contributed by atoms with Crippen molar-refractivity contribution in [2.75, 3.05) is 14.2 Å². The number of carbonyl (C=O) groups is 2. The number of carboxylic acid groups (broad SMARTS) is 1. The van der Waals surface area contributed by atoms with Gasteiger partial charge in [-0.05, 0) is 53.2 Å². The van der Waals surface area contributed by atoms with Crippen LogP contribution >= 0.6 is 11.8 Å². The average Bonchev–Trinajstić information content (AvgIpc) is 3.02. The monoisotopic (exact) mass is 414 g/mol. The molecule has 9 heteroatoms. The Hall–Kier alpha value is -3.46. The molecule has 0 bridgehead atoms. The first kappa shape index (κ1) is 20.3. The number of carbonyl (C=O) groups excluding carboxylic acids is 1. The highest BCUT2D eigenvalue weighted by molar-refractivity contribution is 8.18. The molecule has 1 saturated heterocycles. The van der Waals surface area contributed by atoms with Crippen molar-refractivity contribution in [3.05, 3.63) is 52.4 Å². The van der Waals surface area contributed by atoms with Crippen molar-refractivity contribution < 1.29 is 29.3 Å². The fourth-order valence-corrected chi connectivity index (χ4v) is 3.45. The smallest absolute Gasteiger partial charge is 0.307 e. The molecule has 3 N–H and O–H groups in total. The molecule has 3 rings (SSSR count). The number of hydrogen-bond donors (Lipinski definition) is 3. The van der Waals surface area contributed by atoms with Gasteiger partial charge in [-0.2, -0.15) is 0 Å². The molecule has 0 aromatic heterocycles. The number of aliphatic carboxylic acids is 1. The van der Waals surface area contributed by atoms with E-state index >= 15 is 0 Å². The number of phenols is 1. The van der Waals surface area contributed by atoms with Gasteiger partial charge in [0.25, 0.3) is 5.91 Å². The second-order valence-electron chi connectivity index (χ2n) is 5.99. The van der Waals surface area contributed by atoms with Gasteiger partial charge in [-0.25, -0.2) is 4.99 Å². The van der Waals surface area contributed by atoms with Gasteiger partial charge in [0.05, 0.1) is 31.2 Å². The van der Waals surface area contributed by atoms with E-state index in [0.29, 0.717) is 26.9 Å². The van der Waals surface area contributed by atoms with Crippen molar-refractivity contribution >= 4 is 40.6 Å². The van der Waals surface area contributed by atoms with Crippen LogP contribution in [0.5, 0.6) is 17.2 Å². The number of hydrogen-bond acceptors (Lipinski definition) is 7.